The van der Waals surface area contributed by atoms with Gasteiger partial charge in [-0.15, -0.1) is 0 Å². The Bertz CT molecular complexity index is 463. The third-order valence-electron chi connectivity index (χ3n) is 2.10. The molecule has 0 aliphatic carbocycles. The molecule has 2 rings (SSSR count). The van der Waals surface area contributed by atoms with E-state index in [0.29, 0.717) is 12.4 Å². The largest absolute Gasteiger partial charge is 0.481 e. The molecule has 88 valence electrons. The molecule has 1 aliphatic rings. The fraction of sp³-hybridized carbons (Fsp3) is 0.200. The van der Waals surface area contributed by atoms with Crippen molar-refractivity contribution in [2.45, 2.75) is 6.54 Å². The minimum atomic E-state index is -0.698. The molecular weight excluding hydrogens is 224 g/mol. The number of carbonyl (C=O) groups is 2. The van der Waals surface area contributed by atoms with E-state index in [9.17, 15) is 9.59 Å². The Kier molecular flexibility index (Phi) is 2.99. The van der Waals surface area contributed by atoms with Crippen molar-refractivity contribution in [3.8, 4) is 5.88 Å². The highest BCUT2D eigenvalue weighted by Gasteiger charge is 2.24. The molecule has 1 aliphatic heterocycles. The van der Waals surface area contributed by atoms with Crippen LogP contribution in [0.3, 0.4) is 0 Å². The molecule has 17 heavy (non-hydrogen) atoms. The molecule has 0 atom stereocenters. The molecule has 2 heterocycles. The number of aliphatic imine (C=N–C) groups is 1. The second-order valence-electron chi connectivity index (χ2n) is 3.28. The van der Waals surface area contributed by atoms with E-state index in [1.165, 1.54) is 7.11 Å². The molecule has 1 fully saturated rings. The first-order valence-corrected chi connectivity index (χ1v) is 4.85. The van der Waals surface area contributed by atoms with Crippen LogP contribution in [0.5, 0.6) is 5.88 Å². The van der Waals surface area contributed by atoms with Gasteiger partial charge >= 0.3 is 11.8 Å². The number of hydrogen-bond donors (Lipinski definition) is 2. The Morgan fingerprint density at radius 3 is 2.53 bits per heavy atom. The van der Waals surface area contributed by atoms with E-state index in [2.05, 4.69) is 20.6 Å². The summed E-state index contributed by atoms with van der Waals surface area (Å²) in [6.45, 7) is 0.312. The average molecular weight is 234 g/mol. The van der Waals surface area contributed by atoms with E-state index in [4.69, 9.17) is 4.74 Å². The number of pyridine rings is 1. The van der Waals surface area contributed by atoms with Crippen LogP contribution in [0.25, 0.3) is 0 Å². The van der Waals surface area contributed by atoms with Crippen LogP contribution in [0, 0.1) is 0 Å². The highest BCUT2D eigenvalue weighted by atomic mass is 16.5. The van der Waals surface area contributed by atoms with Gasteiger partial charge in [-0.3, -0.25) is 20.2 Å². The van der Waals surface area contributed by atoms with E-state index in [0.717, 1.165) is 5.56 Å². The van der Waals surface area contributed by atoms with Gasteiger partial charge in [-0.05, 0) is 5.56 Å². The van der Waals surface area contributed by atoms with Gasteiger partial charge in [-0.2, -0.15) is 0 Å². The summed E-state index contributed by atoms with van der Waals surface area (Å²) >= 11 is 0. The predicted octanol–water partition coefficient (Wildman–Crippen LogP) is -0.808. The van der Waals surface area contributed by atoms with Crippen LogP contribution >= 0.6 is 0 Å². The molecular formula is C10H10N4O3. The van der Waals surface area contributed by atoms with Gasteiger partial charge in [0.25, 0.3) is 0 Å². The summed E-state index contributed by atoms with van der Waals surface area (Å²) < 4.78 is 4.91. The standard InChI is InChI=1S/C10H10N4O3/c1-17-7-3-2-6(4-11-7)5-12-10-13-8(15)9(16)14-10/h2-4H,5H2,1H3,(H2,12,13,14,15,16). The molecule has 1 aromatic heterocycles. The van der Waals surface area contributed by atoms with Gasteiger partial charge in [0.05, 0.1) is 13.7 Å². The van der Waals surface area contributed by atoms with Crippen molar-refractivity contribution >= 4 is 17.8 Å². The molecule has 0 radical (unpaired) electrons. The quantitative estimate of drug-likeness (QED) is 0.669. The summed E-state index contributed by atoms with van der Waals surface area (Å²) in [5.41, 5.74) is 0.841. The number of nitrogens with zero attached hydrogens (tertiary/aromatic N) is 2. The van der Waals surface area contributed by atoms with Crippen molar-refractivity contribution in [2.75, 3.05) is 7.11 Å². The minimum absolute atomic E-state index is 0.163. The number of nitrogens with one attached hydrogen (secondary N) is 2. The predicted molar refractivity (Wildman–Crippen MR) is 58.2 cm³/mol. The Balaban J connectivity index is 2.00. The second kappa shape index (κ2) is 4.60. The Hall–Kier alpha value is -2.44. The molecule has 0 bridgehead atoms. The third-order valence-corrected chi connectivity index (χ3v) is 2.10. The number of aromatic nitrogens is 1. The van der Waals surface area contributed by atoms with Gasteiger partial charge in [0.1, 0.15) is 0 Å². The summed E-state index contributed by atoms with van der Waals surface area (Å²) in [5, 5.41) is 4.60. The number of guanidine groups is 1. The maximum absolute atomic E-state index is 10.8. The number of rotatable bonds is 3. The molecule has 1 aromatic rings. The van der Waals surface area contributed by atoms with Gasteiger partial charge in [0.2, 0.25) is 11.8 Å². The lowest BCUT2D eigenvalue weighted by Crippen LogP contribution is -2.25. The SMILES string of the molecule is COc1ccc(CN=C2NC(=O)C(=O)N2)cn1. The van der Waals surface area contributed by atoms with Gasteiger partial charge < -0.3 is 4.74 Å². The molecule has 0 spiro atoms. The summed E-state index contributed by atoms with van der Waals surface area (Å²) in [7, 11) is 1.53. The summed E-state index contributed by atoms with van der Waals surface area (Å²) in [6.07, 6.45) is 1.61. The molecule has 0 aromatic carbocycles. The van der Waals surface area contributed by atoms with Crippen LogP contribution in [-0.2, 0) is 16.1 Å². The Morgan fingerprint density at radius 1 is 1.29 bits per heavy atom. The zero-order chi connectivity index (χ0) is 12.3. The molecule has 7 nitrogen and oxygen atoms in total. The Labute approximate surface area is 96.9 Å². The van der Waals surface area contributed by atoms with E-state index >= 15 is 0 Å². The van der Waals surface area contributed by atoms with E-state index in [1.807, 2.05) is 0 Å². The summed E-state index contributed by atoms with van der Waals surface area (Å²) in [5.74, 6) is -0.715. The topological polar surface area (TPSA) is 92.7 Å². The molecule has 2 N–H and O–H groups in total. The number of hydrogen-bond acceptors (Lipinski definition) is 5. The van der Waals surface area contributed by atoms with Crippen LogP contribution in [-0.4, -0.2) is 29.9 Å². The first-order valence-electron chi connectivity index (χ1n) is 4.85. The van der Waals surface area contributed by atoms with Crippen molar-refractivity contribution < 1.29 is 14.3 Å². The van der Waals surface area contributed by atoms with Crippen molar-refractivity contribution in [3.63, 3.8) is 0 Å². The number of methoxy groups -OCH3 is 1. The van der Waals surface area contributed by atoms with Gasteiger partial charge in [-0.25, -0.2) is 9.98 Å². The zero-order valence-electron chi connectivity index (χ0n) is 9.06. The molecule has 7 heteroatoms. The van der Waals surface area contributed by atoms with Crippen LogP contribution in [0.2, 0.25) is 0 Å². The second-order valence-corrected chi connectivity index (χ2v) is 3.28. The summed E-state index contributed by atoms with van der Waals surface area (Å²) in [4.78, 5) is 29.7. The fourth-order valence-corrected chi connectivity index (χ4v) is 1.23. The van der Waals surface area contributed by atoms with Crippen LogP contribution < -0.4 is 15.4 Å². The van der Waals surface area contributed by atoms with Crippen LogP contribution in [0.4, 0.5) is 0 Å². The number of carbonyl (C=O) groups excluding carboxylic acids is 2. The number of amides is 2. The maximum atomic E-state index is 10.8. The molecule has 0 saturated carbocycles. The Morgan fingerprint density at radius 2 is 2.00 bits per heavy atom. The smallest absolute Gasteiger partial charge is 0.316 e. The first kappa shape index (κ1) is 11.1. The maximum Gasteiger partial charge on any atom is 0.316 e. The molecule has 1 saturated heterocycles. The highest BCUT2D eigenvalue weighted by molar-refractivity contribution is 6.45. The summed E-state index contributed by atoms with van der Waals surface area (Å²) in [6, 6.07) is 3.51. The lowest BCUT2D eigenvalue weighted by molar-refractivity contribution is -0.135. The van der Waals surface area contributed by atoms with Gasteiger partial charge in [-0.1, -0.05) is 6.07 Å². The first-order chi connectivity index (χ1) is 8.19. The van der Waals surface area contributed by atoms with E-state index < -0.39 is 11.8 Å². The highest BCUT2D eigenvalue weighted by Crippen LogP contribution is 2.07. The monoisotopic (exact) mass is 234 g/mol. The fourth-order valence-electron chi connectivity index (χ4n) is 1.23. The minimum Gasteiger partial charge on any atom is -0.481 e. The molecule has 0 unspecified atom stereocenters. The zero-order valence-corrected chi connectivity index (χ0v) is 9.06. The van der Waals surface area contributed by atoms with Gasteiger partial charge in [0.15, 0.2) is 0 Å². The van der Waals surface area contributed by atoms with Crippen molar-refractivity contribution in [2.24, 2.45) is 4.99 Å². The van der Waals surface area contributed by atoms with Crippen molar-refractivity contribution in [3.05, 3.63) is 23.9 Å². The normalized spacial score (nSPS) is 14.3. The molecule has 2 amide bonds. The van der Waals surface area contributed by atoms with Crippen molar-refractivity contribution in [1.29, 1.82) is 0 Å². The lowest BCUT2D eigenvalue weighted by atomic mass is 10.3. The third kappa shape index (κ3) is 2.57. The number of ether oxygens (including phenoxy) is 1. The lowest BCUT2D eigenvalue weighted by Gasteiger charge is -2.00. The average Bonchev–Trinajstić information content (AvgIpc) is 2.67. The van der Waals surface area contributed by atoms with Gasteiger partial charge in [0, 0.05) is 12.3 Å². The van der Waals surface area contributed by atoms with E-state index in [1.54, 1.807) is 18.3 Å². The van der Waals surface area contributed by atoms with Crippen LogP contribution in [0.1, 0.15) is 5.56 Å². The van der Waals surface area contributed by atoms with Crippen molar-refractivity contribution in [1.82, 2.24) is 15.6 Å². The van der Waals surface area contributed by atoms with E-state index in [-0.39, 0.29) is 5.96 Å². The van der Waals surface area contributed by atoms with Crippen LogP contribution in [0.15, 0.2) is 23.3 Å².